The van der Waals surface area contributed by atoms with Gasteiger partial charge in [0, 0.05) is 12.8 Å². The number of carbonyl (C=O) groups is 5. The van der Waals surface area contributed by atoms with E-state index in [0.29, 0.717) is 5.56 Å². The molecule has 1 aromatic carbocycles. The van der Waals surface area contributed by atoms with Gasteiger partial charge < -0.3 is 31.1 Å². The molecular weight excluding hydrogens is 364 g/mol. The number of primary amides is 1. The number of nitrogens with two attached hydrogens (primary N) is 1. The van der Waals surface area contributed by atoms with E-state index in [4.69, 9.17) is 25.8 Å². The summed E-state index contributed by atoms with van der Waals surface area (Å²) in [5.41, 5.74) is 5.75. The highest BCUT2D eigenvalue weighted by atomic mass is 16.5. The van der Waals surface area contributed by atoms with Crippen molar-refractivity contribution < 1.29 is 44.0 Å². The number of carboxylic acid groups (broad SMARTS) is 3. The molecule has 11 heteroatoms. The van der Waals surface area contributed by atoms with Gasteiger partial charge in [0.05, 0.1) is 6.42 Å². The van der Waals surface area contributed by atoms with E-state index in [1.807, 2.05) is 0 Å². The highest BCUT2D eigenvalue weighted by Gasteiger charge is 2.28. The molecule has 0 aliphatic heterocycles. The van der Waals surface area contributed by atoms with Crippen LogP contribution < -0.4 is 15.8 Å². The Morgan fingerprint density at radius 2 is 1.52 bits per heavy atom. The molecule has 2 amide bonds. The third-order valence-electron chi connectivity index (χ3n) is 3.31. The summed E-state index contributed by atoms with van der Waals surface area (Å²) in [7, 11) is 0. The second kappa shape index (κ2) is 9.75. The molecule has 0 fully saturated rings. The minimum absolute atomic E-state index is 0.00425. The number of carboxylic acids is 3. The first-order valence-electron chi connectivity index (χ1n) is 7.61. The Kier molecular flexibility index (Phi) is 7.73. The highest BCUT2D eigenvalue weighted by Crippen LogP contribution is 2.15. The summed E-state index contributed by atoms with van der Waals surface area (Å²) in [5.74, 6) is -5.97. The van der Waals surface area contributed by atoms with Crippen LogP contribution >= 0.6 is 0 Å². The summed E-state index contributed by atoms with van der Waals surface area (Å²) in [5, 5.41) is 28.4. The van der Waals surface area contributed by atoms with Crippen LogP contribution in [0.5, 0.6) is 5.75 Å². The Morgan fingerprint density at radius 1 is 0.963 bits per heavy atom. The smallest absolute Gasteiger partial charge is 0.356 e. The first-order valence-corrected chi connectivity index (χ1v) is 7.61. The van der Waals surface area contributed by atoms with E-state index < -0.39 is 48.3 Å². The molecule has 0 saturated carbocycles. The lowest BCUT2D eigenvalue weighted by Gasteiger charge is -2.16. The number of ether oxygens (including phenoxy) is 1. The van der Waals surface area contributed by atoms with Gasteiger partial charge in [0.2, 0.25) is 11.8 Å². The van der Waals surface area contributed by atoms with Crippen molar-refractivity contribution in [3.63, 3.8) is 0 Å². The maximum Gasteiger partial charge on any atom is 0.356 e. The number of carbonyl (C=O) groups excluding carboxylic acids is 2. The van der Waals surface area contributed by atoms with E-state index >= 15 is 0 Å². The second-order valence-corrected chi connectivity index (χ2v) is 5.44. The molecule has 1 atom stereocenters. The molecule has 1 aromatic rings. The molecule has 0 aliphatic rings. The van der Waals surface area contributed by atoms with Gasteiger partial charge in [-0.2, -0.15) is 0 Å². The lowest BCUT2D eigenvalue weighted by molar-refractivity contribution is -0.159. The van der Waals surface area contributed by atoms with Gasteiger partial charge in [0.25, 0.3) is 6.10 Å². The van der Waals surface area contributed by atoms with Gasteiger partial charge in [0.1, 0.15) is 11.8 Å². The summed E-state index contributed by atoms with van der Waals surface area (Å²) < 4.78 is 4.85. The Hall–Kier alpha value is -3.63. The number of nitrogens with one attached hydrogen (secondary N) is 1. The van der Waals surface area contributed by atoms with Crippen molar-refractivity contribution in [2.75, 3.05) is 0 Å². The van der Waals surface area contributed by atoms with E-state index in [1.165, 1.54) is 24.3 Å². The molecular formula is C16H18N2O9. The maximum atomic E-state index is 11.6. The van der Waals surface area contributed by atoms with E-state index in [2.05, 4.69) is 5.32 Å². The van der Waals surface area contributed by atoms with E-state index in [-0.39, 0.29) is 18.6 Å². The van der Waals surface area contributed by atoms with Gasteiger partial charge in [-0.1, -0.05) is 12.1 Å². The van der Waals surface area contributed by atoms with Crippen LogP contribution in [0.4, 0.5) is 0 Å². The van der Waals surface area contributed by atoms with Gasteiger partial charge in [-0.3, -0.25) is 14.4 Å². The number of benzene rings is 1. The maximum absolute atomic E-state index is 11.6. The first-order chi connectivity index (χ1) is 12.6. The van der Waals surface area contributed by atoms with Crippen molar-refractivity contribution >= 4 is 29.7 Å². The molecule has 0 aliphatic carbocycles. The predicted octanol–water partition coefficient (Wildman–Crippen LogP) is -1.02. The Balaban J connectivity index is 2.74. The molecule has 11 nitrogen and oxygen atoms in total. The molecule has 27 heavy (non-hydrogen) atoms. The second-order valence-electron chi connectivity index (χ2n) is 5.44. The normalized spacial score (nSPS) is 11.4. The zero-order valence-electron chi connectivity index (χ0n) is 14.0. The number of rotatable bonds is 11. The number of aliphatic carboxylic acids is 3. The topological polar surface area (TPSA) is 193 Å². The van der Waals surface area contributed by atoms with Crippen LogP contribution in [0.3, 0.4) is 0 Å². The fraction of sp³-hybridized carbons (Fsp3) is 0.312. The van der Waals surface area contributed by atoms with Crippen molar-refractivity contribution in [1.82, 2.24) is 5.32 Å². The lowest BCUT2D eigenvalue weighted by Crippen LogP contribution is -2.45. The fourth-order valence-corrected chi connectivity index (χ4v) is 1.99. The summed E-state index contributed by atoms with van der Waals surface area (Å²) in [6.45, 7) is 0. The van der Waals surface area contributed by atoms with Gasteiger partial charge in [-0.05, 0) is 17.7 Å². The first kappa shape index (κ1) is 21.4. The van der Waals surface area contributed by atoms with Crippen molar-refractivity contribution in [3.05, 3.63) is 29.8 Å². The van der Waals surface area contributed by atoms with Crippen LogP contribution in [0.1, 0.15) is 18.4 Å². The molecule has 146 valence electrons. The predicted molar refractivity (Wildman–Crippen MR) is 87.8 cm³/mol. The average Bonchev–Trinajstić information content (AvgIpc) is 2.57. The highest BCUT2D eigenvalue weighted by molar-refractivity contribution is 5.96. The fourth-order valence-electron chi connectivity index (χ4n) is 1.99. The minimum atomic E-state index is -2.07. The number of amides is 2. The van der Waals surface area contributed by atoms with Gasteiger partial charge in [0.15, 0.2) is 0 Å². The third kappa shape index (κ3) is 7.42. The van der Waals surface area contributed by atoms with Crippen molar-refractivity contribution in [2.24, 2.45) is 5.73 Å². The minimum Gasteiger partial charge on any atom is -0.481 e. The summed E-state index contributed by atoms with van der Waals surface area (Å²) >= 11 is 0. The SMILES string of the molecule is NC(=O)[C@H](Cc1ccc(OC(C(=O)O)C(=O)O)cc1)NC(=O)CCC(=O)O. The van der Waals surface area contributed by atoms with Crippen LogP contribution in [0.15, 0.2) is 24.3 Å². The molecule has 0 spiro atoms. The number of hydrogen-bond acceptors (Lipinski definition) is 6. The summed E-state index contributed by atoms with van der Waals surface area (Å²) in [6.07, 6.45) is -2.77. The lowest BCUT2D eigenvalue weighted by atomic mass is 10.0. The van der Waals surface area contributed by atoms with E-state index in [9.17, 15) is 24.0 Å². The van der Waals surface area contributed by atoms with Crippen molar-refractivity contribution in [2.45, 2.75) is 31.4 Å². The third-order valence-corrected chi connectivity index (χ3v) is 3.31. The van der Waals surface area contributed by atoms with Crippen molar-refractivity contribution in [3.8, 4) is 5.75 Å². The average molecular weight is 382 g/mol. The molecule has 1 rings (SSSR count). The Bertz CT molecular complexity index is 716. The molecule has 0 radical (unpaired) electrons. The van der Waals surface area contributed by atoms with E-state index in [1.54, 1.807) is 0 Å². The Labute approximate surface area is 152 Å². The standard InChI is InChI=1S/C16H18N2O9/c17-14(22)10(18-11(19)5-6-12(20)21)7-8-1-3-9(4-2-8)27-13(15(23)24)16(25)26/h1-4,10,13H,5-7H2,(H2,17,22)(H,18,19)(H,20,21)(H,23,24)(H,25,26)/t10-/m0/s1. The largest absolute Gasteiger partial charge is 0.481 e. The van der Waals surface area contributed by atoms with Crippen molar-refractivity contribution in [1.29, 1.82) is 0 Å². The number of hydrogen-bond donors (Lipinski definition) is 5. The van der Waals surface area contributed by atoms with Crippen LogP contribution in [0.2, 0.25) is 0 Å². The quantitative estimate of drug-likeness (QED) is 0.298. The molecule has 6 N–H and O–H groups in total. The summed E-state index contributed by atoms with van der Waals surface area (Å²) in [6, 6.07) is 4.41. The Morgan fingerprint density at radius 3 is 1.96 bits per heavy atom. The monoisotopic (exact) mass is 382 g/mol. The molecule has 0 aromatic heterocycles. The van der Waals surface area contributed by atoms with Gasteiger partial charge in [-0.15, -0.1) is 0 Å². The van der Waals surface area contributed by atoms with Crippen LogP contribution in [0.25, 0.3) is 0 Å². The van der Waals surface area contributed by atoms with Crippen LogP contribution in [0, 0.1) is 0 Å². The zero-order chi connectivity index (χ0) is 20.6. The molecule has 0 bridgehead atoms. The van der Waals surface area contributed by atoms with Crippen LogP contribution in [-0.4, -0.2) is 57.2 Å². The molecule has 0 saturated heterocycles. The molecule has 0 heterocycles. The summed E-state index contributed by atoms with van der Waals surface area (Å²) in [4.78, 5) is 55.2. The molecule has 0 unspecified atom stereocenters. The van der Waals surface area contributed by atoms with E-state index in [0.717, 1.165) is 0 Å². The van der Waals surface area contributed by atoms with Gasteiger partial charge >= 0.3 is 17.9 Å². The zero-order valence-corrected chi connectivity index (χ0v) is 14.0. The van der Waals surface area contributed by atoms with Crippen LogP contribution in [-0.2, 0) is 30.4 Å². The van der Waals surface area contributed by atoms with Gasteiger partial charge in [-0.25, -0.2) is 9.59 Å².